The lowest BCUT2D eigenvalue weighted by atomic mass is 9.98. The fourth-order valence-electron chi connectivity index (χ4n) is 2.31. The summed E-state index contributed by atoms with van der Waals surface area (Å²) >= 11 is 0. The van der Waals surface area contributed by atoms with E-state index in [9.17, 15) is 5.11 Å². The number of nitrogens with one attached hydrogen (secondary N) is 1. The molecule has 0 radical (unpaired) electrons. The Kier molecular flexibility index (Phi) is 4.80. The lowest BCUT2D eigenvalue weighted by molar-refractivity contribution is 0.0215. The Hall–Kier alpha value is -1.10. The highest BCUT2D eigenvalue weighted by Gasteiger charge is 2.25. The second kappa shape index (κ2) is 6.37. The van der Waals surface area contributed by atoms with E-state index in [2.05, 4.69) is 11.4 Å². The van der Waals surface area contributed by atoms with Gasteiger partial charge in [0.2, 0.25) is 0 Å². The molecule has 0 aliphatic carbocycles. The Bertz CT molecular complexity index is 406. The smallest absolute Gasteiger partial charge is 0.124 e. The summed E-state index contributed by atoms with van der Waals surface area (Å²) in [5.74, 6) is 0.947. The average molecular weight is 265 g/mol. The van der Waals surface area contributed by atoms with E-state index in [4.69, 9.17) is 9.47 Å². The zero-order valence-electron chi connectivity index (χ0n) is 11.7. The maximum absolute atomic E-state index is 10.3. The lowest BCUT2D eigenvalue weighted by Gasteiger charge is -2.30. The van der Waals surface area contributed by atoms with E-state index < -0.39 is 5.60 Å². The summed E-state index contributed by atoms with van der Waals surface area (Å²) in [6, 6.07) is 8.32. The van der Waals surface area contributed by atoms with Gasteiger partial charge in [-0.05, 0) is 13.0 Å². The quantitative estimate of drug-likeness (QED) is 0.824. The highest BCUT2D eigenvalue weighted by atomic mass is 16.5. The molecule has 106 valence electrons. The zero-order valence-corrected chi connectivity index (χ0v) is 11.7. The number of para-hydroxylation sites is 1. The first-order valence-electron chi connectivity index (χ1n) is 6.79. The van der Waals surface area contributed by atoms with Crippen LogP contribution in [0.2, 0.25) is 0 Å². The Morgan fingerprint density at radius 3 is 3.05 bits per heavy atom. The van der Waals surface area contributed by atoms with Gasteiger partial charge in [-0.25, -0.2) is 0 Å². The molecule has 0 saturated heterocycles. The van der Waals surface area contributed by atoms with Crippen molar-refractivity contribution in [3.8, 4) is 5.75 Å². The predicted octanol–water partition coefficient (Wildman–Crippen LogP) is 1.89. The molecule has 0 fully saturated rings. The molecule has 2 atom stereocenters. The number of aliphatic hydroxyl groups is 1. The third kappa shape index (κ3) is 3.93. The van der Waals surface area contributed by atoms with Crippen LogP contribution >= 0.6 is 0 Å². The van der Waals surface area contributed by atoms with Crippen molar-refractivity contribution in [2.45, 2.75) is 31.4 Å². The number of fused-ring (bicyclic) bond motifs is 1. The Labute approximate surface area is 114 Å². The van der Waals surface area contributed by atoms with Crippen molar-refractivity contribution in [3.05, 3.63) is 29.8 Å². The molecule has 1 aliphatic heterocycles. The number of rotatable bonds is 6. The van der Waals surface area contributed by atoms with Crippen molar-refractivity contribution in [2.75, 3.05) is 26.9 Å². The molecule has 4 heteroatoms. The second-order valence-electron chi connectivity index (χ2n) is 5.35. The fraction of sp³-hybridized carbons (Fsp3) is 0.600. The molecule has 1 aromatic rings. The lowest BCUT2D eigenvalue weighted by Crippen LogP contribution is -2.41. The first-order valence-corrected chi connectivity index (χ1v) is 6.79. The van der Waals surface area contributed by atoms with Crippen LogP contribution in [0, 0.1) is 0 Å². The molecule has 1 heterocycles. The molecule has 0 bridgehead atoms. The van der Waals surface area contributed by atoms with E-state index in [-0.39, 0.29) is 6.04 Å². The number of methoxy groups -OCH3 is 1. The summed E-state index contributed by atoms with van der Waals surface area (Å²) in [6.07, 6.45) is 1.55. The molecule has 0 spiro atoms. The Balaban J connectivity index is 1.94. The van der Waals surface area contributed by atoms with Crippen molar-refractivity contribution in [3.63, 3.8) is 0 Å². The van der Waals surface area contributed by atoms with E-state index in [0.717, 1.165) is 18.8 Å². The molecular weight excluding hydrogens is 242 g/mol. The van der Waals surface area contributed by atoms with Crippen molar-refractivity contribution >= 4 is 0 Å². The summed E-state index contributed by atoms with van der Waals surface area (Å²) in [4.78, 5) is 0. The fourth-order valence-corrected chi connectivity index (χ4v) is 2.31. The largest absolute Gasteiger partial charge is 0.493 e. The number of benzene rings is 1. The van der Waals surface area contributed by atoms with Crippen molar-refractivity contribution in [2.24, 2.45) is 0 Å². The molecule has 0 amide bonds. The molecule has 2 unspecified atom stereocenters. The Morgan fingerprint density at radius 2 is 2.26 bits per heavy atom. The highest BCUT2D eigenvalue weighted by molar-refractivity contribution is 5.37. The molecular formula is C15H23NO3. The highest BCUT2D eigenvalue weighted by Crippen LogP contribution is 2.31. The third-order valence-corrected chi connectivity index (χ3v) is 3.53. The summed E-state index contributed by atoms with van der Waals surface area (Å²) in [5.41, 5.74) is 0.430. The molecule has 4 nitrogen and oxygen atoms in total. The van der Waals surface area contributed by atoms with E-state index in [0.29, 0.717) is 19.6 Å². The first-order chi connectivity index (χ1) is 9.12. The second-order valence-corrected chi connectivity index (χ2v) is 5.35. The zero-order chi connectivity index (χ0) is 13.7. The van der Waals surface area contributed by atoms with Gasteiger partial charge in [-0.3, -0.25) is 0 Å². The number of hydrogen-bond acceptors (Lipinski definition) is 4. The minimum atomic E-state index is -0.747. The standard InChI is InChI=1S/C15H23NO3/c1-15(17,8-10-18-2)11-16-13-7-9-19-14-6-4-3-5-12(13)14/h3-6,13,16-17H,7-11H2,1-2H3. The van der Waals surface area contributed by atoms with Gasteiger partial charge in [-0.1, -0.05) is 18.2 Å². The van der Waals surface area contributed by atoms with Gasteiger partial charge < -0.3 is 19.9 Å². The van der Waals surface area contributed by atoms with Gasteiger partial charge in [0.05, 0.1) is 12.2 Å². The van der Waals surface area contributed by atoms with Crippen LogP contribution in [0.3, 0.4) is 0 Å². The van der Waals surface area contributed by atoms with Crippen molar-refractivity contribution in [1.82, 2.24) is 5.32 Å². The molecule has 2 rings (SSSR count). The maximum atomic E-state index is 10.3. The summed E-state index contributed by atoms with van der Waals surface area (Å²) in [6.45, 7) is 3.67. The number of hydrogen-bond donors (Lipinski definition) is 2. The van der Waals surface area contributed by atoms with Crippen molar-refractivity contribution < 1.29 is 14.6 Å². The van der Waals surface area contributed by atoms with Gasteiger partial charge >= 0.3 is 0 Å². The maximum Gasteiger partial charge on any atom is 0.124 e. The average Bonchev–Trinajstić information content (AvgIpc) is 2.43. The van der Waals surface area contributed by atoms with Crippen LogP contribution in [0.4, 0.5) is 0 Å². The van der Waals surface area contributed by atoms with Crippen LogP contribution in [0.25, 0.3) is 0 Å². The predicted molar refractivity (Wildman–Crippen MR) is 74.4 cm³/mol. The van der Waals surface area contributed by atoms with E-state index >= 15 is 0 Å². The minimum Gasteiger partial charge on any atom is -0.493 e. The van der Waals surface area contributed by atoms with E-state index in [1.165, 1.54) is 5.56 Å². The molecule has 1 aromatic carbocycles. The molecule has 19 heavy (non-hydrogen) atoms. The van der Waals surface area contributed by atoms with Crippen LogP contribution in [-0.4, -0.2) is 37.6 Å². The van der Waals surface area contributed by atoms with Crippen LogP contribution in [-0.2, 0) is 4.74 Å². The van der Waals surface area contributed by atoms with Crippen molar-refractivity contribution in [1.29, 1.82) is 0 Å². The third-order valence-electron chi connectivity index (χ3n) is 3.53. The summed E-state index contributed by atoms with van der Waals surface area (Å²) in [5, 5.41) is 13.7. The number of ether oxygens (including phenoxy) is 2. The van der Waals surface area contributed by atoms with Gasteiger partial charge in [0.15, 0.2) is 0 Å². The minimum absolute atomic E-state index is 0.249. The molecule has 1 aliphatic rings. The Morgan fingerprint density at radius 1 is 1.47 bits per heavy atom. The summed E-state index contributed by atoms with van der Waals surface area (Å²) < 4.78 is 10.6. The van der Waals surface area contributed by atoms with Gasteiger partial charge in [-0.2, -0.15) is 0 Å². The van der Waals surface area contributed by atoms with Crippen LogP contribution in [0.15, 0.2) is 24.3 Å². The van der Waals surface area contributed by atoms with Gasteiger partial charge in [0.1, 0.15) is 5.75 Å². The SMILES string of the molecule is COCCC(C)(O)CNC1CCOc2ccccc21. The van der Waals surface area contributed by atoms with Crippen LogP contribution < -0.4 is 10.1 Å². The normalized spacial score (nSPS) is 21.3. The molecule has 0 aromatic heterocycles. The van der Waals surface area contributed by atoms with E-state index in [1.54, 1.807) is 7.11 Å². The first kappa shape index (κ1) is 14.3. The van der Waals surface area contributed by atoms with Crippen LogP contribution in [0.1, 0.15) is 31.4 Å². The monoisotopic (exact) mass is 265 g/mol. The van der Waals surface area contributed by atoms with Gasteiger partial charge in [-0.15, -0.1) is 0 Å². The summed E-state index contributed by atoms with van der Waals surface area (Å²) in [7, 11) is 1.65. The van der Waals surface area contributed by atoms with Crippen LogP contribution in [0.5, 0.6) is 5.75 Å². The van der Waals surface area contributed by atoms with Gasteiger partial charge in [0, 0.05) is 44.7 Å². The molecule has 2 N–H and O–H groups in total. The molecule has 0 saturated carbocycles. The topological polar surface area (TPSA) is 50.7 Å². The van der Waals surface area contributed by atoms with Gasteiger partial charge in [0.25, 0.3) is 0 Å². The van der Waals surface area contributed by atoms with E-state index in [1.807, 2.05) is 25.1 Å².